The van der Waals surface area contributed by atoms with Crippen molar-refractivity contribution in [3.8, 4) is 0 Å². The smallest absolute Gasteiger partial charge is 0.0696 e. The summed E-state index contributed by atoms with van der Waals surface area (Å²) in [6, 6.07) is 4.26. The van der Waals surface area contributed by atoms with Crippen molar-refractivity contribution in [3.05, 3.63) is 34.2 Å². The average Bonchev–Trinajstić information content (AvgIpc) is 2.55. The van der Waals surface area contributed by atoms with Crippen LogP contribution >= 0.6 is 11.3 Å². The van der Waals surface area contributed by atoms with Gasteiger partial charge >= 0.3 is 0 Å². The molecule has 0 unspecified atom stereocenters. The Morgan fingerprint density at radius 2 is 2.08 bits per heavy atom. The van der Waals surface area contributed by atoms with E-state index in [4.69, 9.17) is 5.11 Å². The fourth-order valence-electron chi connectivity index (χ4n) is 1.60. The van der Waals surface area contributed by atoms with Gasteiger partial charge < -0.3 is 5.11 Å². The van der Waals surface area contributed by atoms with Crippen LogP contribution in [0.4, 0.5) is 0 Å². The van der Waals surface area contributed by atoms with E-state index in [1.165, 1.54) is 21.2 Å². The van der Waals surface area contributed by atoms with Crippen LogP contribution in [0.25, 0.3) is 10.1 Å². The molecule has 0 atom stereocenters. The van der Waals surface area contributed by atoms with Crippen molar-refractivity contribution in [2.75, 3.05) is 0 Å². The largest absolute Gasteiger partial charge is 0.392 e. The van der Waals surface area contributed by atoms with E-state index in [2.05, 4.69) is 26.0 Å². The van der Waals surface area contributed by atoms with E-state index >= 15 is 0 Å². The minimum absolute atomic E-state index is 0.143. The lowest BCUT2D eigenvalue weighted by molar-refractivity contribution is 0.283. The molecule has 1 heterocycles. The topological polar surface area (TPSA) is 20.2 Å². The summed E-state index contributed by atoms with van der Waals surface area (Å²) in [4.78, 5) is 0. The Hall–Kier alpha value is -0.860. The highest BCUT2D eigenvalue weighted by molar-refractivity contribution is 7.17. The van der Waals surface area contributed by atoms with Gasteiger partial charge in [-0.1, -0.05) is 6.07 Å². The Morgan fingerprint density at radius 3 is 2.77 bits per heavy atom. The van der Waals surface area contributed by atoms with Crippen LogP contribution in [-0.2, 0) is 6.61 Å². The molecule has 0 aliphatic heterocycles. The number of aliphatic hydroxyl groups is 1. The summed E-state index contributed by atoms with van der Waals surface area (Å²) in [6.45, 7) is 4.36. The van der Waals surface area contributed by atoms with E-state index in [1.54, 1.807) is 11.3 Å². The molecular formula is C11H12OS. The van der Waals surface area contributed by atoms with E-state index in [1.807, 2.05) is 5.38 Å². The quantitative estimate of drug-likeness (QED) is 0.736. The van der Waals surface area contributed by atoms with Crippen LogP contribution in [0.15, 0.2) is 17.5 Å². The van der Waals surface area contributed by atoms with Crippen LogP contribution in [0.2, 0.25) is 0 Å². The van der Waals surface area contributed by atoms with Crippen LogP contribution < -0.4 is 0 Å². The highest BCUT2D eigenvalue weighted by Crippen LogP contribution is 2.30. The normalized spacial score (nSPS) is 11.0. The molecule has 2 aromatic rings. The maximum atomic E-state index is 9.15. The van der Waals surface area contributed by atoms with Crippen molar-refractivity contribution in [2.24, 2.45) is 0 Å². The minimum Gasteiger partial charge on any atom is -0.392 e. The zero-order chi connectivity index (χ0) is 9.42. The molecule has 0 bridgehead atoms. The molecule has 0 saturated heterocycles. The summed E-state index contributed by atoms with van der Waals surface area (Å²) >= 11 is 1.70. The van der Waals surface area contributed by atoms with Gasteiger partial charge in [0.05, 0.1) is 6.61 Å². The van der Waals surface area contributed by atoms with E-state index in [0.717, 1.165) is 5.56 Å². The van der Waals surface area contributed by atoms with E-state index < -0.39 is 0 Å². The van der Waals surface area contributed by atoms with Crippen molar-refractivity contribution in [1.29, 1.82) is 0 Å². The number of thiophene rings is 1. The molecule has 0 aliphatic carbocycles. The molecular weight excluding hydrogens is 180 g/mol. The Bertz CT molecular complexity index is 443. The molecule has 0 fully saturated rings. The van der Waals surface area contributed by atoms with Gasteiger partial charge in [-0.05, 0) is 42.0 Å². The van der Waals surface area contributed by atoms with Crippen molar-refractivity contribution in [3.63, 3.8) is 0 Å². The van der Waals surface area contributed by atoms with Crippen LogP contribution in [0.5, 0.6) is 0 Å². The molecule has 0 saturated carbocycles. The summed E-state index contributed by atoms with van der Waals surface area (Å²) in [6.07, 6.45) is 0. The minimum atomic E-state index is 0.143. The third-order valence-corrected chi connectivity index (χ3v) is 3.51. The summed E-state index contributed by atoms with van der Waals surface area (Å²) in [5, 5.41) is 12.4. The van der Waals surface area contributed by atoms with Gasteiger partial charge in [-0.2, -0.15) is 0 Å². The summed E-state index contributed by atoms with van der Waals surface area (Å²) < 4.78 is 1.27. The average molecular weight is 192 g/mol. The highest BCUT2D eigenvalue weighted by Gasteiger charge is 2.06. The predicted octanol–water partition coefficient (Wildman–Crippen LogP) is 3.01. The van der Waals surface area contributed by atoms with Gasteiger partial charge in [-0.15, -0.1) is 11.3 Å². The number of aliphatic hydroxyl groups excluding tert-OH is 1. The Labute approximate surface area is 81.6 Å². The third-order valence-electron chi connectivity index (χ3n) is 2.52. The lowest BCUT2D eigenvalue weighted by Gasteiger charge is -2.02. The van der Waals surface area contributed by atoms with Crippen molar-refractivity contribution < 1.29 is 5.11 Å². The van der Waals surface area contributed by atoms with Gasteiger partial charge in [0, 0.05) is 10.1 Å². The fraction of sp³-hybridized carbons (Fsp3) is 0.273. The molecule has 0 spiro atoms. The predicted molar refractivity (Wildman–Crippen MR) is 57.2 cm³/mol. The molecule has 1 nitrogen and oxygen atoms in total. The van der Waals surface area contributed by atoms with E-state index in [0.29, 0.717) is 0 Å². The molecule has 1 N–H and O–H groups in total. The van der Waals surface area contributed by atoms with E-state index in [9.17, 15) is 0 Å². The zero-order valence-electron chi connectivity index (χ0n) is 7.79. The SMILES string of the molecule is Cc1ccc2scc(CO)c2c1C. The molecule has 2 heteroatoms. The lowest BCUT2D eigenvalue weighted by atomic mass is 10.0. The van der Waals surface area contributed by atoms with Crippen molar-refractivity contribution >= 4 is 21.4 Å². The second-order valence-corrected chi connectivity index (χ2v) is 4.21. The second kappa shape index (κ2) is 3.13. The first-order chi connectivity index (χ1) is 6.24. The maximum absolute atomic E-state index is 9.15. The highest BCUT2D eigenvalue weighted by atomic mass is 32.1. The Morgan fingerprint density at radius 1 is 1.31 bits per heavy atom. The second-order valence-electron chi connectivity index (χ2n) is 3.30. The first-order valence-corrected chi connectivity index (χ1v) is 5.19. The Kier molecular flexibility index (Phi) is 2.10. The lowest BCUT2D eigenvalue weighted by Crippen LogP contribution is -1.85. The summed E-state index contributed by atoms with van der Waals surface area (Å²) in [7, 11) is 0. The van der Waals surface area contributed by atoms with Gasteiger partial charge in [0.25, 0.3) is 0 Å². The molecule has 2 rings (SSSR count). The molecule has 13 heavy (non-hydrogen) atoms. The first kappa shape index (κ1) is 8.73. The molecule has 0 aliphatic rings. The molecule has 1 aromatic heterocycles. The number of aryl methyl sites for hydroxylation is 2. The summed E-state index contributed by atoms with van der Waals surface area (Å²) in [5.41, 5.74) is 3.64. The maximum Gasteiger partial charge on any atom is 0.0696 e. The van der Waals surface area contributed by atoms with Crippen molar-refractivity contribution in [1.82, 2.24) is 0 Å². The van der Waals surface area contributed by atoms with Crippen molar-refractivity contribution in [2.45, 2.75) is 20.5 Å². The summed E-state index contributed by atoms with van der Waals surface area (Å²) in [5.74, 6) is 0. The van der Waals surface area contributed by atoms with Gasteiger partial charge in [0.1, 0.15) is 0 Å². The molecule has 1 aromatic carbocycles. The van der Waals surface area contributed by atoms with Gasteiger partial charge in [-0.3, -0.25) is 0 Å². The number of fused-ring (bicyclic) bond motifs is 1. The van der Waals surface area contributed by atoms with Gasteiger partial charge in [-0.25, -0.2) is 0 Å². The zero-order valence-corrected chi connectivity index (χ0v) is 8.61. The van der Waals surface area contributed by atoms with Gasteiger partial charge in [0.2, 0.25) is 0 Å². The third kappa shape index (κ3) is 1.26. The van der Waals surface area contributed by atoms with Crippen LogP contribution in [-0.4, -0.2) is 5.11 Å². The molecule has 0 radical (unpaired) electrons. The van der Waals surface area contributed by atoms with Crippen LogP contribution in [0.3, 0.4) is 0 Å². The van der Waals surface area contributed by atoms with E-state index in [-0.39, 0.29) is 6.61 Å². The number of rotatable bonds is 1. The number of hydrogen-bond donors (Lipinski definition) is 1. The Balaban J connectivity index is 2.85. The standard InChI is InChI=1S/C11H12OS/c1-7-3-4-10-11(8(7)2)9(5-12)6-13-10/h3-4,6,12H,5H2,1-2H3. The first-order valence-electron chi connectivity index (χ1n) is 4.31. The van der Waals surface area contributed by atoms with Gasteiger partial charge in [0.15, 0.2) is 0 Å². The fourth-order valence-corrected chi connectivity index (χ4v) is 2.61. The number of hydrogen-bond acceptors (Lipinski definition) is 2. The monoisotopic (exact) mass is 192 g/mol. The van der Waals surface area contributed by atoms with Crippen LogP contribution in [0.1, 0.15) is 16.7 Å². The van der Waals surface area contributed by atoms with Crippen LogP contribution in [0, 0.1) is 13.8 Å². The number of benzene rings is 1. The molecule has 0 amide bonds. The molecule has 68 valence electrons.